The lowest BCUT2D eigenvalue weighted by molar-refractivity contribution is -0.141. The Morgan fingerprint density at radius 2 is 2.25 bits per heavy atom. The summed E-state index contributed by atoms with van der Waals surface area (Å²) >= 11 is 1.92. The molecule has 1 atom stereocenters. The third-order valence-electron chi connectivity index (χ3n) is 2.92. The van der Waals surface area contributed by atoms with Crippen LogP contribution in [0.2, 0.25) is 0 Å². The molecule has 2 N–H and O–H groups in total. The van der Waals surface area contributed by atoms with Crippen molar-refractivity contribution in [3.63, 3.8) is 0 Å². The molecule has 0 aliphatic carbocycles. The van der Waals surface area contributed by atoms with Crippen molar-refractivity contribution in [2.45, 2.75) is 31.1 Å². The Hall–Kier alpha value is -0.260. The summed E-state index contributed by atoms with van der Waals surface area (Å²) in [6.45, 7) is 6.30. The normalized spacial score (nSPS) is 22.6. The van der Waals surface area contributed by atoms with Crippen molar-refractivity contribution in [3.8, 4) is 0 Å². The number of hydrogen-bond acceptors (Lipinski definition) is 4. The zero-order valence-corrected chi connectivity index (χ0v) is 11.2. The number of amides is 1. The van der Waals surface area contributed by atoms with E-state index in [1.807, 2.05) is 16.7 Å². The van der Waals surface area contributed by atoms with Crippen LogP contribution < -0.4 is 5.73 Å². The SMILES string of the molecule is COC(CN)C(=O)N1CCSC(C)(C)CC1. The molecular weight excluding hydrogens is 224 g/mol. The largest absolute Gasteiger partial charge is 0.370 e. The van der Waals surface area contributed by atoms with E-state index in [0.717, 1.165) is 25.3 Å². The minimum atomic E-state index is -0.480. The number of carbonyl (C=O) groups is 1. The second-order valence-corrected chi connectivity index (χ2v) is 6.45. The second kappa shape index (κ2) is 5.89. The molecule has 1 rings (SSSR count). The highest BCUT2D eigenvalue weighted by molar-refractivity contribution is 8.00. The molecule has 0 aromatic heterocycles. The summed E-state index contributed by atoms with van der Waals surface area (Å²) in [5, 5.41) is 0. The molecular formula is C11H22N2O2S. The van der Waals surface area contributed by atoms with Crippen molar-refractivity contribution in [3.05, 3.63) is 0 Å². The highest BCUT2D eigenvalue weighted by Gasteiger charge is 2.28. The van der Waals surface area contributed by atoms with Gasteiger partial charge in [0, 0.05) is 37.2 Å². The van der Waals surface area contributed by atoms with Gasteiger partial charge in [-0.15, -0.1) is 0 Å². The molecule has 5 heteroatoms. The van der Waals surface area contributed by atoms with E-state index < -0.39 is 6.10 Å². The van der Waals surface area contributed by atoms with Crippen LogP contribution in [0.1, 0.15) is 20.3 Å². The van der Waals surface area contributed by atoms with Gasteiger partial charge in [0.25, 0.3) is 5.91 Å². The number of nitrogens with two attached hydrogens (primary N) is 1. The fourth-order valence-corrected chi connectivity index (χ4v) is 2.84. The average Bonchev–Trinajstić information content (AvgIpc) is 2.41. The molecule has 4 nitrogen and oxygen atoms in total. The summed E-state index contributed by atoms with van der Waals surface area (Å²) in [6.07, 6.45) is 0.538. The zero-order valence-electron chi connectivity index (χ0n) is 10.4. The molecule has 1 amide bonds. The zero-order chi connectivity index (χ0) is 12.2. The van der Waals surface area contributed by atoms with Crippen molar-refractivity contribution in [1.82, 2.24) is 4.90 Å². The van der Waals surface area contributed by atoms with E-state index in [1.54, 1.807) is 0 Å². The first kappa shape index (κ1) is 13.8. The number of thioether (sulfide) groups is 1. The van der Waals surface area contributed by atoms with Gasteiger partial charge in [-0.05, 0) is 6.42 Å². The van der Waals surface area contributed by atoms with Crippen LogP contribution in [-0.4, -0.2) is 54.2 Å². The van der Waals surface area contributed by atoms with Crippen LogP contribution in [0.3, 0.4) is 0 Å². The topological polar surface area (TPSA) is 55.6 Å². The molecule has 1 fully saturated rings. The Kier molecular flexibility index (Phi) is 5.08. The van der Waals surface area contributed by atoms with Crippen molar-refractivity contribution >= 4 is 17.7 Å². The standard InChI is InChI=1S/C11H22N2O2S/c1-11(2)4-5-13(6-7-16-11)10(14)9(8-12)15-3/h9H,4-8,12H2,1-3H3. The first-order chi connectivity index (χ1) is 7.50. The highest BCUT2D eigenvalue weighted by atomic mass is 32.2. The van der Waals surface area contributed by atoms with E-state index >= 15 is 0 Å². The molecule has 1 saturated heterocycles. The van der Waals surface area contributed by atoms with Crippen molar-refractivity contribution < 1.29 is 9.53 Å². The van der Waals surface area contributed by atoms with E-state index in [4.69, 9.17) is 10.5 Å². The Morgan fingerprint density at radius 1 is 1.56 bits per heavy atom. The van der Waals surface area contributed by atoms with Crippen molar-refractivity contribution in [2.24, 2.45) is 5.73 Å². The summed E-state index contributed by atoms with van der Waals surface area (Å²) in [7, 11) is 1.53. The average molecular weight is 246 g/mol. The number of carbonyl (C=O) groups excluding carboxylic acids is 1. The Labute approximate surface area is 102 Å². The molecule has 0 bridgehead atoms. The minimum Gasteiger partial charge on any atom is -0.370 e. The lowest BCUT2D eigenvalue weighted by Gasteiger charge is -2.25. The number of nitrogens with zero attached hydrogens (tertiary/aromatic N) is 1. The number of rotatable bonds is 3. The molecule has 0 aromatic carbocycles. The molecule has 0 aromatic rings. The first-order valence-corrected chi connectivity index (χ1v) is 6.64. The van der Waals surface area contributed by atoms with Gasteiger partial charge in [0.05, 0.1) is 0 Å². The van der Waals surface area contributed by atoms with Crippen LogP contribution in [-0.2, 0) is 9.53 Å². The van der Waals surface area contributed by atoms with Gasteiger partial charge < -0.3 is 15.4 Å². The van der Waals surface area contributed by atoms with Crippen LogP contribution in [0.15, 0.2) is 0 Å². The summed E-state index contributed by atoms with van der Waals surface area (Å²) in [6, 6.07) is 0. The molecule has 94 valence electrons. The fraction of sp³-hybridized carbons (Fsp3) is 0.909. The summed E-state index contributed by atoms with van der Waals surface area (Å²) < 4.78 is 5.35. The maximum absolute atomic E-state index is 12.0. The monoisotopic (exact) mass is 246 g/mol. The molecule has 0 saturated carbocycles. The predicted octanol–water partition coefficient (Wildman–Crippen LogP) is 0.704. The molecule has 1 aliphatic rings. The van der Waals surface area contributed by atoms with Gasteiger partial charge in [0.15, 0.2) is 0 Å². The van der Waals surface area contributed by atoms with Gasteiger partial charge in [0.1, 0.15) is 6.10 Å². The lowest BCUT2D eigenvalue weighted by atomic mass is 10.1. The Balaban J connectivity index is 2.57. The van der Waals surface area contributed by atoms with Gasteiger partial charge in [-0.1, -0.05) is 13.8 Å². The molecule has 1 aliphatic heterocycles. The summed E-state index contributed by atoms with van der Waals surface area (Å²) in [5.74, 6) is 1.02. The Bertz CT molecular complexity index is 242. The van der Waals surface area contributed by atoms with Gasteiger partial charge in [-0.2, -0.15) is 11.8 Å². The number of methoxy groups -OCH3 is 1. The van der Waals surface area contributed by atoms with Crippen LogP contribution in [0.4, 0.5) is 0 Å². The van der Waals surface area contributed by atoms with Crippen LogP contribution >= 0.6 is 11.8 Å². The van der Waals surface area contributed by atoms with Crippen molar-refractivity contribution in [2.75, 3.05) is 32.5 Å². The van der Waals surface area contributed by atoms with Crippen LogP contribution in [0.25, 0.3) is 0 Å². The van der Waals surface area contributed by atoms with E-state index in [0.29, 0.717) is 0 Å². The van der Waals surface area contributed by atoms with E-state index in [9.17, 15) is 4.79 Å². The van der Waals surface area contributed by atoms with Gasteiger partial charge in [-0.3, -0.25) is 4.79 Å². The number of hydrogen-bond donors (Lipinski definition) is 1. The molecule has 0 radical (unpaired) electrons. The third-order valence-corrected chi connectivity index (χ3v) is 4.30. The second-order valence-electron chi connectivity index (χ2n) is 4.64. The van der Waals surface area contributed by atoms with Crippen LogP contribution in [0, 0.1) is 0 Å². The van der Waals surface area contributed by atoms with Gasteiger partial charge in [-0.25, -0.2) is 0 Å². The lowest BCUT2D eigenvalue weighted by Crippen LogP contribution is -2.44. The summed E-state index contributed by atoms with van der Waals surface area (Å²) in [4.78, 5) is 13.9. The summed E-state index contributed by atoms with van der Waals surface area (Å²) in [5.41, 5.74) is 5.51. The fourth-order valence-electron chi connectivity index (χ4n) is 1.74. The van der Waals surface area contributed by atoms with E-state index in [-0.39, 0.29) is 17.2 Å². The first-order valence-electron chi connectivity index (χ1n) is 5.66. The van der Waals surface area contributed by atoms with Crippen LogP contribution in [0.5, 0.6) is 0 Å². The molecule has 1 unspecified atom stereocenters. The minimum absolute atomic E-state index is 0.0308. The highest BCUT2D eigenvalue weighted by Crippen LogP contribution is 2.30. The quantitative estimate of drug-likeness (QED) is 0.796. The van der Waals surface area contributed by atoms with E-state index in [2.05, 4.69) is 13.8 Å². The Morgan fingerprint density at radius 3 is 2.81 bits per heavy atom. The maximum atomic E-state index is 12.0. The third kappa shape index (κ3) is 3.64. The predicted molar refractivity (Wildman–Crippen MR) is 67.6 cm³/mol. The number of ether oxygens (including phenoxy) is 1. The van der Waals surface area contributed by atoms with Crippen molar-refractivity contribution in [1.29, 1.82) is 0 Å². The van der Waals surface area contributed by atoms with E-state index in [1.165, 1.54) is 7.11 Å². The smallest absolute Gasteiger partial charge is 0.253 e. The van der Waals surface area contributed by atoms with Gasteiger partial charge >= 0.3 is 0 Å². The van der Waals surface area contributed by atoms with Gasteiger partial charge in [0.2, 0.25) is 0 Å². The molecule has 16 heavy (non-hydrogen) atoms. The molecule has 0 spiro atoms. The maximum Gasteiger partial charge on any atom is 0.253 e. The molecule has 1 heterocycles.